The standard InChI is InChI=1S/C21H17ClN2O3S/c1-28(26,27)15-5-2-4-13(10-15)12-24-18-7-3-6-17(21(23)25)20(18)16-9-8-14(22)11-19(16)24/h2-11H,12H2,1H3,(H2,23,25). The monoisotopic (exact) mass is 412 g/mol. The van der Waals surface area contributed by atoms with Gasteiger partial charge in [-0.15, -0.1) is 0 Å². The zero-order valence-corrected chi connectivity index (χ0v) is 16.6. The largest absolute Gasteiger partial charge is 0.366 e. The van der Waals surface area contributed by atoms with Crippen molar-refractivity contribution in [1.29, 1.82) is 0 Å². The van der Waals surface area contributed by atoms with E-state index in [1.165, 1.54) is 6.26 Å². The summed E-state index contributed by atoms with van der Waals surface area (Å²) in [4.78, 5) is 12.2. The number of carbonyl (C=O) groups excluding carboxylic acids is 1. The van der Waals surface area contributed by atoms with E-state index < -0.39 is 15.7 Å². The number of carbonyl (C=O) groups is 1. The molecule has 0 atom stereocenters. The van der Waals surface area contributed by atoms with Crippen LogP contribution >= 0.6 is 11.6 Å². The minimum atomic E-state index is -3.31. The Morgan fingerprint density at radius 3 is 2.50 bits per heavy atom. The Morgan fingerprint density at radius 2 is 1.79 bits per heavy atom. The number of aromatic nitrogens is 1. The number of halogens is 1. The van der Waals surface area contributed by atoms with E-state index in [-0.39, 0.29) is 4.90 Å². The van der Waals surface area contributed by atoms with Crippen molar-refractivity contribution < 1.29 is 13.2 Å². The lowest BCUT2D eigenvalue weighted by Gasteiger charge is -2.09. The van der Waals surface area contributed by atoms with Gasteiger partial charge in [0, 0.05) is 34.2 Å². The Balaban J connectivity index is 2.00. The maximum absolute atomic E-state index is 12.0. The van der Waals surface area contributed by atoms with E-state index in [1.807, 2.05) is 28.8 Å². The number of hydrogen-bond acceptors (Lipinski definition) is 3. The summed E-state index contributed by atoms with van der Waals surface area (Å²) in [5.74, 6) is -0.501. The van der Waals surface area contributed by atoms with Crippen LogP contribution in [0.25, 0.3) is 21.8 Å². The molecule has 0 aliphatic rings. The number of primary amides is 1. The van der Waals surface area contributed by atoms with Crippen LogP contribution in [0.1, 0.15) is 15.9 Å². The van der Waals surface area contributed by atoms with Crippen LogP contribution in [0.3, 0.4) is 0 Å². The van der Waals surface area contributed by atoms with Gasteiger partial charge in [0.15, 0.2) is 9.84 Å². The van der Waals surface area contributed by atoms with Crippen molar-refractivity contribution in [2.45, 2.75) is 11.4 Å². The molecule has 0 saturated carbocycles. The van der Waals surface area contributed by atoms with Crippen molar-refractivity contribution in [3.05, 3.63) is 76.8 Å². The normalized spacial score (nSPS) is 11.9. The first-order chi connectivity index (χ1) is 13.3. The molecule has 1 aromatic heterocycles. The number of nitrogens with two attached hydrogens (primary N) is 1. The summed E-state index contributed by atoms with van der Waals surface area (Å²) in [7, 11) is -3.31. The van der Waals surface area contributed by atoms with Gasteiger partial charge in [-0.05, 0) is 42.0 Å². The average molecular weight is 413 g/mol. The SMILES string of the molecule is CS(=O)(=O)c1cccc(Cn2c3cc(Cl)ccc3c3c(C(N)=O)cccc32)c1. The smallest absolute Gasteiger partial charge is 0.249 e. The molecule has 28 heavy (non-hydrogen) atoms. The van der Waals surface area contributed by atoms with Crippen LogP contribution in [0.2, 0.25) is 5.02 Å². The molecule has 0 radical (unpaired) electrons. The maximum atomic E-state index is 12.0. The second-order valence-corrected chi connectivity index (χ2v) is 9.18. The van der Waals surface area contributed by atoms with Gasteiger partial charge in [0.2, 0.25) is 5.91 Å². The number of fused-ring (bicyclic) bond motifs is 3. The molecule has 5 nitrogen and oxygen atoms in total. The molecule has 0 aliphatic carbocycles. The summed E-state index contributed by atoms with van der Waals surface area (Å²) in [6.45, 7) is 0.423. The minimum Gasteiger partial charge on any atom is -0.366 e. The van der Waals surface area contributed by atoms with E-state index in [9.17, 15) is 13.2 Å². The molecule has 0 unspecified atom stereocenters. The van der Waals surface area contributed by atoms with Crippen LogP contribution in [-0.2, 0) is 16.4 Å². The lowest BCUT2D eigenvalue weighted by molar-refractivity contribution is 0.100. The van der Waals surface area contributed by atoms with Gasteiger partial charge in [-0.3, -0.25) is 4.79 Å². The number of sulfone groups is 1. The van der Waals surface area contributed by atoms with Crippen LogP contribution in [0, 0.1) is 0 Å². The van der Waals surface area contributed by atoms with E-state index in [1.54, 1.807) is 36.4 Å². The highest BCUT2D eigenvalue weighted by Gasteiger charge is 2.17. The predicted octanol–water partition coefficient (Wildman–Crippen LogP) is 4.00. The fraction of sp³-hybridized carbons (Fsp3) is 0.0952. The van der Waals surface area contributed by atoms with Crippen LogP contribution in [0.4, 0.5) is 0 Å². The second kappa shape index (κ2) is 6.65. The molecule has 1 heterocycles. The van der Waals surface area contributed by atoms with Gasteiger partial charge in [0.25, 0.3) is 0 Å². The van der Waals surface area contributed by atoms with Crippen molar-refractivity contribution in [2.24, 2.45) is 5.73 Å². The van der Waals surface area contributed by atoms with E-state index in [0.29, 0.717) is 17.1 Å². The molecule has 7 heteroatoms. The molecule has 0 fully saturated rings. The van der Waals surface area contributed by atoms with Gasteiger partial charge >= 0.3 is 0 Å². The zero-order valence-electron chi connectivity index (χ0n) is 15.0. The van der Waals surface area contributed by atoms with Crippen molar-refractivity contribution >= 4 is 49.2 Å². The first-order valence-electron chi connectivity index (χ1n) is 8.55. The van der Waals surface area contributed by atoms with Gasteiger partial charge in [-0.2, -0.15) is 0 Å². The van der Waals surface area contributed by atoms with E-state index in [0.717, 1.165) is 27.4 Å². The highest BCUT2D eigenvalue weighted by Crippen LogP contribution is 2.34. The van der Waals surface area contributed by atoms with Gasteiger partial charge in [0.1, 0.15) is 0 Å². The highest BCUT2D eigenvalue weighted by molar-refractivity contribution is 7.90. The summed E-state index contributed by atoms with van der Waals surface area (Å²) in [5.41, 5.74) is 8.53. The third kappa shape index (κ3) is 3.15. The molecule has 0 bridgehead atoms. The molecular weight excluding hydrogens is 396 g/mol. The number of amides is 1. The molecular formula is C21H17ClN2O3S. The van der Waals surface area contributed by atoms with E-state index in [2.05, 4.69) is 0 Å². The number of benzene rings is 3. The van der Waals surface area contributed by atoms with Crippen LogP contribution in [0.15, 0.2) is 65.6 Å². The molecule has 0 saturated heterocycles. The Bertz CT molecular complexity index is 1360. The minimum absolute atomic E-state index is 0.265. The van der Waals surface area contributed by atoms with Crippen LogP contribution in [0.5, 0.6) is 0 Å². The summed E-state index contributed by atoms with van der Waals surface area (Å²) < 4.78 is 25.8. The quantitative estimate of drug-likeness (QED) is 0.550. The third-order valence-electron chi connectivity index (χ3n) is 4.79. The maximum Gasteiger partial charge on any atom is 0.249 e. The summed E-state index contributed by atoms with van der Waals surface area (Å²) in [6.07, 6.45) is 1.19. The van der Waals surface area contributed by atoms with Crippen LogP contribution in [-0.4, -0.2) is 25.1 Å². The first kappa shape index (κ1) is 18.5. The Labute approximate surface area is 167 Å². The van der Waals surface area contributed by atoms with Gasteiger partial charge in [-0.25, -0.2) is 8.42 Å². The number of nitrogens with zero attached hydrogens (tertiary/aromatic N) is 1. The molecule has 2 N–H and O–H groups in total. The van der Waals surface area contributed by atoms with Crippen molar-refractivity contribution in [2.75, 3.05) is 6.26 Å². The molecule has 4 aromatic rings. The number of rotatable bonds is 4. The summed E-state index contributed by atoms with van der Waals surface area (Å²) in [6, 6.07) is 17.7. The Morgan fingerprint density at radius 1 is 1.04 bits per heavy atom. The summed E-state index contributed by atoms with van der Waals surface area (Å²) in [5, 5.41) is 2.20. The Kier molecular flexibility index (Phi) is 4.40. The van der Waals surface area contributed by atoms with Crippen molar-refractivity contribution in [3.63, 3.8) is 0 Å². The molecule has 0 aliphatic heterocycles. The lowest BCUT2D eigenvalue weighted by atomic mass is 10.1. The molecule has 0 spiro atoms. The van der Waals surface area contributed by atoms with Crippen molar-refractivity contribution in [3.8, 4) is 0 Å². The molecule has 3 aromatic carbocycles. The fourth-order valence-electron chi connectivity index (χ4n) is 3.55. The molecule has 4 rings (SSSR count). The Hall–Kier alpha value is -2.83. The van der Waals surface area contributed by atoms with E-state index >= 15 is 0 Å². The van der Waals surface area contributed by atoms with Gasteiger partial charge in [0.05, 0.1) is 15.9 Å². The van der Waals surface area contributed by atoms with Crippen molar-refractivity contribution in [1.82, 2.24) is 4.57 Å². The lowest BCUT2D eigenvalue weighted by Crippen LogP contribution is -2.11. The number of hydrogen-bond donors (Lipinski definition) is 1. The van der Waals surface area contributed by atoms with Gasteiger partial charge < -0.3 is 10.3 Å². The fourth-order valence-corrected chi connectivity index (χ4v) is 4.41. The predicted molar refractivity (Wildman–Crippen MR) is 112 cm³/mol. The second-order valence-electron chi connectivity index (χ2n) is 6.73. The summed E-state index contributed by atoms with van der Waals surface area (Å²) >= 11 is 6.22. The topological polar surface area (TPSA) is 82.2 Å². The average Bonchev–Trinajstić information content (AvgIpc) is 2.94. The van der Waals surface area contributed by atoms with E-state index in [4.69, 9.17) is 17.3 Å². The zero-order chi connectivity index (χ0) is 20.1. The van der Waals surface area contributed by atoms with Gasteiger partial charge in [-0.1, -0.05) is 35.9 Å². The van der Waals surface area contributed by atoms with Crippen LogP contribution < -0.4 is 5.73 Å². The molecule has 1 amide bonds. The first-order valence-corrected chi connectivity index (χ1v) is 10.8. The third-order valence-corrected chi connectivity index (χ3v) is 6.13. The highest BCUT2D eigenvalue weighted by atomic mass is 35.5. The molecule has 142 valence electrons.